The van der Waals surface area contributed by atoms with Gasteiger partial charge in [-0.05, 0) is 35.4 Å². The number of nitrogens with zero attached hydrogens (tertiary/aromatic N) is 1. The minimum absolute atomic E-state index is 0.103. The van der Waals surface area contributed by atoms with Crippen LogP contribution >= 0.6 is 35.0 Å². The number of nitrogens with one attached hydrogen (secondary N) is 2. The molecule has 1 aliphatic heterocycles. The van der Waals surface area contributed by atoms with E-state index < -0.39 is 5.92 Å². The molecule has 3 aromatic rings. The Bertz CT molecular complexity index is 1170. The van der Waals surface area contributed by atoms with Gasteiger partial charge in [0.05, 0.1) is 15.6 Å². The summed E-state index contributed by atoms with van der Waals surface area (Å²) in [5.41, 5.74) is 1.50. The van der Waals surface area contributed by atoms with Crippen molar-refractivity contribution in [3.05, 3.63) is 85.4 Å². The van der Waals surface area contributed by atoms with Crippen LogP contribution in [0.25, 0.3) is 0 Å². The first-order chi connectivity index (χ1) is 13.9. The van der Waals surface area contributed by atoms with Crippen molar-refractivity contribution in [3.8, 4) is 0 Å². The van der Waals surface area contributed by atoms with Gasteiger partial charge in [0.1, 0.15) is 11.6 Å². The fourth-order valence-corrected chi connectivity index (χ4v) is 4.32. The Morgan fingerprint density at radius 1 is 1.14 bits per heavy atom. The number of benzene rings is 2. The van der Waals surface area contributed by atoms with E-state index in [1.807, 2.05) is 0 Å². The maximum Gasteiger partial charge on any atom is 0.257 e. The fraction of sp³-hybridized carbons (Fsp3) is 0.150. The molecule has 1 aliphatic rings. The van der Waals surface area contributed by atoms with Crippen LogP contribution in [0.4, 0.5) is 10.2 Å². The smallest absolute Gasteiger partial charge is 0.257 e. The fourth-order valence-electron chi connectivity index (χ4n) is 3.21. The molecule has 2 heterocycles. The molecule has 2 aromatic carbocycles. The van der Waals surface area contributed by atoms with Crippen LogP contribution in [0, 0.1) is 5.82 Å². The quantitative estimate of drug-likeness (QED) is 0.434. The molecule has 1 amide bonds. The third-order valence-corrected chi connectivity index (χ3v) is 6.22. The van der Waals surface area contributed by atoms with E-state index in [9.17, 15) is 14.0 Å². The Hall–Kier alpha value is -2.35. The first kappa shape index (κ1) is 19.9. The molecule has 148 valence electrons. The second-order valence-corrected chi connectivity index (χ2v) is 8.31. The molecule has 4 rings (SSSR count). The van der Waals surface area contributed by atoms with E-state index in [-0.39, 0.29) is 29.5 Å². The van der Waals surface area contributed by atoms with E-state index in [2.05, 4.69) is 15.3 Å². The van der Waals surface area contributed by atoms with Gasteiger partial charge < -0.3 is 10.3 Å². The van der Waals surface area contributed by atoms with Gasteiger partial charge >= 0.3 is 0 Å². The molecular formula is C20H14Cl2FN3O2S. The largest absolute Gasteiger partial charge is 0.310 e. The Morgan fingerprint density at radius 3 is 2.72 bits per heavy atom. The molecule has 5 nitrogen and oxygen atoms in total. The molecule has 0 saturated carbocycles. The number of aromatic amines is 1. The van der Waals surface area contributed by atoms with Crippen molar-refractivity contribution in [3.63, 3.8) is 0 Å². The number of thioether (sulfide) groups is 1. The second kappa shape index (κ2) is 8.18. The maximum absolute atomic E-state index is 13.3. The van der Waals surface area contributed by atoms with Crippen LogP contribution in [0.2, 0.25) is 10.0 Å². The number of aromatic nitrogens is 2. The maximum atomic E-state index is 13.3. The van der Waals surface area contributed by atoms with E-state index in [4.69, 9.17) is 23.2 Å². The lowest BCUT2D eigenvalue weighted by Gasteiger charge is -2.24. The monoisotopic (exact) mass is 449 g/mol. The van der Waals surface area contributed by atoms with Crippen LogP contribution in [0.3, 0.4) is 0 Å². The number of carbonyl (C=O) groups is 1. The van der Waals surface area contributed by atoms with Gasteiger partial charge in [-0.3, -0.25) is 9.59 Å². The van der Waals surface area contributed by atoms with Crippen LogP contribution in [-0.4, -0.2) is 15.9 Å². The van der Waals surface area contributed by atoms with E-state index in [0.717, 1.165) is 5.56 Å². The molecule has 1 unspecified atom stereocenters. The lowest BCUT2D eigenvalue weighted by atomic mass is 9.87. The number of anilines is 1. The van der Waals surface area contributed by atoms with Crippen LogP contribution in [0.1, 0.15) is 29.0 Å². The molecule has 1 atom stereocenters. The van der Waals surface area contributed by atoms with Crippen molar-refractivity contribution in [2.75, 3.05) is 5.32 Å². The highest BCUT2D eigenvalue weighted by Gasteiger charge is 2.31. The zero-order valence-corrected chi connectivity index (χ0v) is 17.2. The topological polar surface area (TPSA) is 74.8 Å². The van der Waals surface area contributed by atoms with Crippen LogP contribution < -0.4 is 10.9 Å². The van der Waals surface area contributed by atoms with Gasteiger partial charge in [-0.15, -0.1) is 0 Å². The zero-order chi connectivity index (χ0) is 20.5. The van der Waals surface area contributed by atoms with Gasteiger partial charge in [-0.1, -0.05) is 53.2 Å². The summed E-state index contributed by atoms with van der Waals surface area (Å²) in [6.45, 7) is 0. The molecule has 0 spiro atoms. The summed E-state index contributed by atoms with van der Waals surface area (Å²) in [5, 5.41) is 3.76. The normalized spacial score (nSPS) is 15.7. The molecule has 0 aliphatic carbocycles. The summed E-state index contributed by atoms with van der Waals surface area (Å²) in [5.74, 6) is -0.404. The van der Waals surface area contributed by atoms with E-state index in [1.54, 1.807) is 30.3 Å². The van der Waals surface area contributed by atoms with Gasteiger partial charge in [0.2, 0.25) is 5.91 Å². The molecule has 0 radical (unpaired) electrons. The lowest BCUT2D eigenvalue weighted by molar-refractivity contribution is -0.116. The van der Waals surface area contributed by atoms with E-state index in [0.29, 0.717) is 32.1 Å². The van der Waals surface area contributed by atoms with E-state index >= 15 is 0 Å². The average molecular weight is 450 g/mol. The molecule has 9 heteroatoms. The predicted molar refractivity (Wildman–Crippen MR) is 112 cm³/mol. The molecule has 1 aromatic heterocycles. The number of halogens is 3. The molecule has 0 saturated heterocycles. The van der Waals surface area contributed by atoms with Gasteiger partial charge in [-0.2, -0.15) is 0 Å². The SMILES string of the molecule is O=C1CC(c2ccc(Cl)c(Cl)c2)c2c(nc(SCc3cccc(F)c3)[nH]c2=O)N1. The Morgan fingerprint density at radius 2 is 1.97 bits per heavy atom. The molecule has 2 N–H and O–H groups in total. The van der Waals surface area contributed by atoms with Crippen LogP contribution in [-0.2, 0) is 10.5 Å². The standard InChI is InChI=1S/C20H14Cl2FN3O2S/c21-14-5-4-11(7-15(14)22)13-8-16(27)24-18-17(13)19(28)26-20(25-18)29-9-10-2-1-3-12(23)6-10/h1-7,13H,8-9H2,(H2,24,25,26,27,28). The summed E-state index contributed by atoms with van der Waals surface area (Å²) in [6, 6.07) is 11.2. The van der Waals surface area contributed by atoms with Crippen molar-refractivity contribution in [1.82, 2.24) is 9.97 Å². The molecule has 0 bridgehead atoms. The minimum atomic E-state index is -0.480. The Balaban J connectivity index is 1.66. The summed E-state index contributed by atoms with van der Waals surface area (Å²) in [6.07, 6.45) is 0.103. The summed E-state index contributed by atoms with van der Waals surface area (Å²) >= 11 is 13.3. The highest BCUT2D eigenvalue weighted by atomic mass is 35.5. The average Bonchev–Trinajstić information content (AvgIpc) is 2.67. The van der Waals surface area contributed by atoms with Gasteiger partial charge in [0, 0.05) is 18.1 Å². The first-order valence-corrected chi connectivity index (χ1v) is 10.4. The molecular weight excluding hydrogens is 436 g/mol. The number of amides is 1. The van der Waals surface area contributed by atoms with Gasteiger partial charge in [0.15, 0.2) is 5.16 Å². The van der Waals surface area contributed by atoms with Crippen molar-refractivity contribution < 1.29 is 9.18 Å². The number of hydrogen-bond donors (Lipinski definition) is 2. The molecule has 29 heavy (non-hydrogen) atoms. The summed E-state index contributed by atoms with van der Waals surface area (Å²) < 4.78 is 13.3. The van der Waals surface area contributed by atoms with Crippen molar-refractivity contribution in [2.24, 2.45) is 0 Å². The number of carbonyl (C=O) groups excluding carboxylic acids is 1. The second-order valence-electron chi connectivity index (χ2n) is 6.53. The first-order valence-electron chi connectivity index (χ1n) is 8.67. The number of H-pyrrole nitrogens is 1. The number of rotatable bonds is 4. The van der Waals surface area contributed by atoms with Crippen molar-refractivity contribution in [1.29, 1.82) is 0 Å². The van der Waals surface area contributed by atoms with Crippen molar-refractivity contribution in [2.45, 2.75) is 23.2 Å². The molecule has 0 fully saturated rings. The summed E-state index contributed by atoms with van der Waals surface area (Å²) in [7, 11) is 0. The zero-order valence-electron chi connectivity index (χ0n) is 14.8. The Labute approximate surface area is 179 Å². The van der Waals surface area contributed by atoms with Gasteiger partial charge in [-0.25, -0.2) is 9.37 Å². The lowest BCUT2D eigenvalue weighted by Crippen LogP contribution is -2.31. The van der Waals surface area contributed by atoms with Crippen LogP contribution in [0.15, 0.2) is 52.4 Å². The minimum Gasteiger partial charge on any atom is -0.310 e. The Kier molecular flexibility index (Phi) is 5.63. The van der Waals surface area contributed by atoms with Crippen LogP contribution in [0.5, 0.6) is 0 Å². The third kappa shape index (κ3) is 4.32. The predicted octanol–water partition coefficient (Wildman–Crippen LogP) is 4.98. The number of fused-ring (bicyclic) bond motifs is 1. The van der Waals surface area contributed by atoms with E-state index in [1.165, 1.54) is 23.9 Å². The highest BCUT2D eigenvalue weighted by Crippen LogP contribution is 2.36. The highest BCUT2D eigenvalue weighted by molar-refractivity contribution is 7.98. The third-order valence-electron chi connectivity index (χ3n) is 4.54. The summed E-state index contributed by atoms with van der Waals surface area (Å²) in [4.78, 5) is 32.2. The number of hydrogen-bond acceptors (Lipinski definition) is 4. The van der Waals surface area contributed by atoms with Crippen molar-refractivity contribution >= 4 is 46.7 Å². The van der Waals surface area contributed by atoms with Gasteiger partial charge in [0.25, 0.3) is 5.56 Å².